The van der Waals surface area contributed by atoms with Crippen LogP contribution in [0, 0.1) is 34.5 Å². The molecule has 0 spiro atoms. The van der Waals surface area contributed by atoms with Crippen molar-refractivity contribution in [2.24, 2.45) is 34.5 Å². The Balaban J connectivity index is 1.44. The molecule has 4 aliphatic rings. The summed E-state index contributed by atoms with van der Waals surface area (Å²) in [6.45, 7) is 6.00. The van der Waals surface area contributed by atoms with E-state index in [0.29, 0.717) is 22.7 Å². The molecule has 6 atom stereocenters. The first-order valence-corrected chi connectivity index (χ1v) is 11.3. The molecule has 0 radical (unpaired) electrons. The molecule has 3 nitrogen and oxygen atoms in total. The van der Waals surface area contributed by atoms with E-state index in [-0.39, 0.29) is 0 Å². The zero-order valence-electron chi connectivity index (χ0n) is 17.7. The highest BCUT2D eigenvalue weighted by atomic mass is 16.2. The number of allylic oxidation sites excluding steroid dienone is 2. The first-order chi connectivity index (χ1) is 13.4. The van der Waals surface area contributed by atoms with E-state index < -0.39 is 0 Å². The highest BCUT2D eigenvalue weighted by molar-refractivity contribution is 5.76. The van der Waals surface area contributed by atoms with Crippen LogP contribution in [0.2, 0.25) is 0 Å². The second kappa shape index (κ2) is 6.43. The van der Waals surface area contributed by atoms with E-state index in [0.717, 1.165) is 30.7 Å². The van der Waals surface area contributed by atoms with Gasteiger partial charge in [-0.3, -0.25) is 9.78 Å². The van der Waals surface area contributed by atoms with Gasteiger partial charge >= 0.3 is 0 Å². The average Bonchev–Trinajstić information content (AvgIpc) is 3.00. The molecule has 0 bridgehead atoms. The van der Waals surface area contributed by atoms with Crippen LogP contribution in [0.15, 0.2) is 30.6 Å². The van der Waals surface area contributed by atoms with Crippen molar-refractivity contribution in [3.8, 4) is 0 Å². The molecule has 2 saturated carbocycles. The zero-order chi connectivity index (χ0) is 19.5. The van der Waals surface area contributed by atoms with Crippen molar-refractivity contribution in [2.45, 2.75) is 58.8 Å². The van der Waals surface area contributed by atoms with Crippen LogP contribution >= 0.6 is 0 Å². The molecule has 3 heteroatoms. The largest absolute Gasteiger partial charge is 0.346 e. The number of amides is 1. The van der Waals surface area contributed by atoms with Crippen LogP contribution in [0.5, 0.6) is 0 Å². The maximum absolute atomic E-state index is 12.5. The third kappa shape index (κ3) is 2.54. The van der Waals surface area contributed by atoms with Gasteiger partial charge in [-0.2, -0.15) is 0 Å². The molecule has 5 rings (SSSR count). The van der Waals surface area contributed by atoms with Gasteiger partial charge in [0.15, 0.2) is 0 Å². The molecule has 150 valence electrons. The Labute approximate surface area is 169 Å². The first-order valence-electron chi connectivity index (χ1n) is 11.3. The van der Waals surface area contributed by atoms with Crippen LogP contribution < -0.4 is 0 Å². The van der Waals surface area contributed by atoms with Gasteiger partial charge in [0.05, 0.1) is 0 Å². The predicted octanol–water partition coefficient (Wildman–Crippen LogP) is 5.19. The number of pyridine rings is 1. The molecule has 1 aromatic rings. The molecule has 0 unspecified atom stereocenters. The number of carbonyl (C=O) groups is 1. The lowest BCUT2D eigenvalue weighted by atomic mass is 9.46. The van der Waals surface area contributed by atoms with Crippen molar-refractivity contribution in [3.63, 3.8) is 0 Å². The second-order valence-corrected chi connectivity index (χ2v) is 10.5. The summed E-state index contributed by atoms with van der Waals surface area (Å²) in [4.78, 5) is 18.9. The highest BCUT2D eigenvalue weighted by Crippen LogP contribution is 2.66. The minimum atomic E-state index is 0.296. The molecule has 0 aromatic carbocycles. The molecular weight excluding hydrogens is 344 g/mol. The van der Waals surface area contributed by atoms with Gasteiger partial charge in [0.1, 0.15) is 0 Å². The fourth-order valence-electron chi connectivity index (χ4n) is 7.70. The SMILES string of the molecule is CN1CC[C@@]2(C)[C@@H](CC[C@@H]3[C@@H]2CC[C@]2(C)C(c4cccnc4)=CC[C@@H]32)CC1=O. The number of carbonyl (C=O) groups excluding carboxylic acids is 1. The van der Waals surface area contributed by atoms with E-state index in [1.807, 2.05) is 18.1 Å². The standard InChI is InChI=1S/C25H34N2O/c1-24-12-14-27(3)23(28)15-18(24)6-7-19-21-9-8-20(17-5-4-13-26-16-17)25(21,2)11-10-22(19)24/h4-5,8,13,16,18-19,21-22H,6-7,9-12,14-15H2,1-3H3/t18-,19-,21-,22-,24-,25+/m0/s1. The molecule has 1 aliphatic heterocycles. The van der Waals surface area contributed by atoms with Crippen LogP contribution in [0.3, 0.4) is 0 Å². The van der Waals surface area contributed by atoms with Gasteiger partial charge in [0.25, 0.3) is 0 Å². The lowest BCUT2D eigenvalue weighted by Crippen LogP contribution is -2.51. The van der Waals surface area contributed by atoms with E-state index in [1.165, 1.54) is 44.1 Å². The van der Waals surface area contributed by atoms with Crippen molar-refractivity contribution in [1.29, 1.82) is 0 Å². The third-order valence-electron chi connectivity index (χ3n) is 9.45. The summed E-state index contributed by atoms with van der Waals surface area (Å²) in [7, 11) is 2.00. The fourth-order valence-corrected chi connectivity index (χ4v) is 7.70. The third-order valence-corrected chi connectivity index (χ3v) is 9.45. The molecule has 1 saturated heterocycles. The van der Waals surface area contributed by atoms with Crippen LogP contribution in [-0.4, -0.2) is 29.4 Å². The second-order valence-electron chi connectivity index (χ2n) is 10.5. The molecule has 2 heterocycles. The van der Waals surface area contributed by atoms with E-state index in [4.69, 9.17) is 0 Å². The smallest absolute Gasteiger partial charge is 0.222 e. The summed E-state index contributed by atoms with van der Waals surface area (Å²) in [5.41, 5.74) is 3.51. The van der Waals surface area contributed by atoms with Gasteiger partial charge in [-0.05, 0) is 90.2 Å². The van der Waals surface area contributed by atoms with Crippen molar-refractivity contribution < 1.29 is 4.79 Å². The lowest BCUT2D eigenvalue weighted by molar-refractivity contribution is -0.131. The minimum absolute atomic E-state index is 0.296. The van der Waals surface area contributed by atoms with Crippen molar-refractivity contribution in [2.75, 3.05) is 13.6 Å². The first kappa shape index (κ1) is 18.4. The maximum atomic E-state index is 12.5. The fraction of sp³-hybridized carbons (Fsp3) is 0.680. The van der Waals surface area contributed by atoms with E-state index >= 15 is 0 Å². The monoisotopic (exact) mass is 378 g/mol. The summed E-state index contributed by atoms with van der Waals surface area (Å²) in [5, 5.41) is 0. The Kier molecular flexibility index (Phi) is 4.23. The number of aromatic nitrogens is 1. The summed E-state index contributed by atoms with van der Waals surface area (Å²) < 4.78 is 0. The number of hydrogen-bond donors (Lipinski definition) is 0. The van der Waals surface area contributed by atoms with Crippen LogP contribution in [0.4, 0.5) is 0 Å². The van der Waals surface area contributed by atoms with Gasteiger partial charge in [-0.1, -0.05) is 26.0 Å². The van der Waals surface area contributed by atoms with E-state index in [9.17, 15) is 4.79 Å². The van der Waals surface area contributed by atoms with Crippen molar-refractivity contribution in [3.05, 3.63) is 36.2 Å². The number of likely N-dealkylation sites (tertiary alicyclic amines) is 1. The summed E-state index contributed by atoms with van der Waals surface area (Å²) in [6, 6.07) is 4.31. The molecular formula is C25H34N2O. The number of hydrogen-bond acceptors (Lipinski definition) is 2. The van der Waals surface area contributed by atoms with Crippen LogP contribution in [-0.2, 0) is 4.79 Å². The topological polar surface area (TPSA) is 33.2 Å². The summed E-state index contributed by atoms with van der Waals surface area (Å²) in [5.74, 6) is 3.31. The van der Waals surface area contributed by atoms with E-state index in [1.54, 1.807) is 5.57 Å². The maximum Gasteiger partial charge on any atom is 0.222 e. The molecule has 3 fully saturated rings. The molecule has 3 aliphatic carbocycles. The molecule has 0 N–H and O–H groups in total. The summed E-state index contributed by atoms with van der Waals surface area (Å²) >= 11 is 0. The Hall–Kier alpha value is -1.64. The normalized spacial score (nSPS) is 42.9. The van der Waals surface area contributed by atoms with Gasteiger partial charge in [-0.15, -0.1) is 0 Å². The Morgan fingerprint density at radius 1 is 1.14 bits per heavy atom. The number of nitrogens with zero attached hydrogens (tertiary/aromatic N) is 2. The average molecular weight is 379 g/mol. The Morgan fingerprint density at radius 3 is 2.79 bits per heavy atom. The van der Waals surface area contributed by atoms with Gasteiger partial charge < -0.3 is 4.90 Å². The number of rotatable bonds is 1. The van der Waals surface area contributed by atoms with Gasteiger partial charge in [0.2, 0.25) is 5.91 Å². The van der Waals surface area contributed by atoms with Gasteiger partial charge in [-0.25, -0.2) is 0 Å². The molecule has 1 amide bonds. The minimum Gasteiger partial charge on any atom is -0.346 e. The quantitative estimate of drug-likeness (QED) is 0.674. The van der Waals surface area contributed by atoms with Crippen LogP contribution in [0.1, 0.15) is 64.4 Å². The predicted molar refractivity (Wildman–Crippen MR) is 112 cm³/mol. The summed E-state index contributed by atoms with van der Waals surface area (Å²) in [6.07, 6.45) is 14.8. The van der Waals surface area contributed by atoms with Crippen molar-refractivity contribution >= 4 is 11.5 Å². The molecule has 1 aromatic heterocycles. The Bertz CT molecular complexity index is 802. The molecule has 28 heavy (non-hydrogen) atoms. The van der Waals surface area contributed by atoms with Crippen molar-refractivity contribution in [1.82, 2.24) is 9.88 Å². The zero-order valence-corrected chi connectivity index (χ0v) is 17.7. The lowest BCUT2D eigenvalue weighted by Gasteiger charge is -2.58. The van der Waals surface area contributed by atoms with Crippen LogP contribution in [0.25, 0.3) is 5.57 Å². The Morgan fingerprint density at radius 2 is 2.00 bits per heavy atom. The van der Waals surface area contributed by atoms with E-state index in [2.05, 4.69) is 43.2 Å². The number of fused-ring (bicyclic) bond motifs is 5. The van der Waals surface area contributed by atoms with Gasteiger partial charge in [0, 0.05) is 32.4 Å². The highest BCUT2D eigenvalue weighted by Gasteiger charge is 2.58.